The van der Waals surface area contributed by atoms with Crippen LogP contribution in [0.25, 0.3) is 0 Å². The molecule has 20 heavy (non-hydrogen) atoms. The van der Waals surface area contributed by atoms with E-state index in [0.29, 0.717) is 0 Å². The second kappa shape index (κ2) is 5.14. The van der Waals surface area contributed by atoms with Crippen molar-refractivity contribution in [1.82, 2.24) is 4.72 Å². The molecule has 1 heterocycles. The van der Waals surface area contributed by atoms with Gasteiger partial charge < -0.3 is 0 Å². The van der Waals surface area contributed by atoms with E-state index in [9.17, 15) is 16.8 Å². The number of nitrogens with one attached hydrogen (secondary N) is 1. The molecule has 0 spiro atoms. The van der Waals surface area contributed by atoms with Crippen molar-refractivity contribution in [2.24, 2.45) is 0 Å². The summed E-state index contributed by atoms with van der Waals surface area (Å²) in [6, 6.07) is 3.94. The van der Waals surface area contributed by atoms with Gasteiger partial charge in [-0.05, 0) is 31.5 Å². The van der Waals surface area contributed by atoms with Crippen LogP contribution in [0.15, 0.2) is 23.1 Å². The highest BCUT2D eigenvalue weighted by Crippen LogP contribution is 2.28. The smallest absolute Gasteiger partial charge is 0.229 e. The van der Waals surface area contributed by atoms with Crippen LogP contribution in [0.5, 0.6) is 0 Å². The average Bonchev–Trinajstić information content (AvgIpc) is 2.55. The van der Waals surface area contributed by atoms with Gasteiger partial charge >= 0.3 is 0 Å². The van der Waals surface area contributed by atoms with E-state index in [4.69, 9.17) is 23.2 Å². The van der Waals surface area contributed by atoms with E-state index in [-0.39, 0.29) is 32.9 Å². The van der Waals surface area contributed by atoms with Crippen LogP contribution < -0.4 is 4.72 Å². The Balaban J connectivity index is 2.30. The zero-order valence-electron chi connectivity index (χ0n) is 10.6. The summed E-state index contributed by atoms with van der Waals surface area (Å²) in [4.78, 5) is -0.0441. The molecule has 1 aliphatic heterocycles. The van der Waals surface area contributed by atoms with Crippen LogP contribution in [0.4, 0.5) is 0 Å². The summed E-state index contributed by atoms with van der Waals surface area (Å²) in [6.45, 7) is 1.58. The molecule has 0 aromatic heterocycles. The molecular formula is C11H13Cl2NO4S2. The van der Waals surface area contributed by atoms with Gasteiger partial charge in [0.25, 0.3) is 0 Å². The zero-order valence-corrected chi connectivity index (χ0v) is 13.7. The Bertz CT molecular complexity index is 746. The van der Waals surface area contributed by atoms with E-state index < -0.39 is 25.4 Å². The molecule has 5 nitrogen and oxygen atoms in total. The van der Waals surface area contributed by atoms with Gasteiger partial charge in [-0.3, -0.25) is 0 Å². The molecular weight excluding hydrogens is 345 g/mol. The quantitative estimate of drug-likeness (QED) is 0.894. The molecule has 1 aliphatic rings. The minimum Gasteiger partial charge on any atom is -0.229 e. The third-order valence-electron chi connectivity index (χ3n) is 3.09. The Morgan fingerprint density at radius 1 is 1.25 bits per heavy atom. The summed E-state index contributed by atoms with van der Waals surface area (Å²) >= 11 is 11.5. The van der Waals surface area contributed by atoms with Crippen LogP contribution in [0.2, 0.25) is 10.0 Å². The Labute approximate surface area is 128 Å². The highest BCUT2D eigenvalue weighted by atomic mass is 35.5. The summed E-state index contributed by atoms with van der Waals surface area (Å²) in [5, 5.41) is 0.374. The van der Waals surface area contributed by atoms with Gasteiger partial charge in [0.1, 0.15) is 0 Å². The van der Waals surface area contributed by atoms with Gasteiger partial charge in [-0.1, -0.05) is 23.2 Å². The fraction of sp³-hybridized carbons (Fsp3) is 0.455. The SMILES string of the molecule is C[C@]1(NS(=O)(=O)c2ccc(Cl)c(Cl)c2)CCS(=O)(=O)C1. The van der Waals surface area contributed by atoms with Gasteiger partial charge in [0, 0.05) is 5.54 Å². The molecule has 1 N–H and O–H groups in total. The van der Waals surface area contributed by atoms with Crippen molar-refractivity contribution in [1.29, 1.82) is 0 Å². The Morgan fingerprint density at radius 3 is 2.40 bits per heavy atom. The number of benzene rings is 1. The largest absolute Gasteiger partial charge is 0.241 e. The van der Waals surface area contributed by atoms with E-state index >= 15 is 0 Å². The van der Waals surface area contributed by atoms with E-state index in [1.54, 1.807) is 6.92 Å². The number of rotatable bonds is 3. The third-order valence-corrected chi connectivity index (χ3v) is 7.36. The van der Waals surface area contributed by atoms with Crippen LogP contribution in [-0.2, 0) is 19.9 Å². The lowest BCUT2D eigenvalue weighted by Crippen LogP contribution is -2.46. The maximum atomic E-state index is 12.3. The summed E-state index contributed by atoms with van der Waals surface area (Å²) in [5.74, 6) is -0.228. The first-order chi connectivity index (χ1) is 9.03. The molecule has 0 bridgehead atoms. The van der Waals surface area contributed by atoms with Crippen LogP contribution >= 0.6 is 23.2 Å². The number of sulfonamides is 1. The van der Waals surface area contributed by atoms with E-state index in [2.05, 4.69) is 4.72 Å². The minimum atomic E-state index is -3.85. The fourth-order valence-electron chi connectivity index (χ4n) is 2.12. The number of hydrogen-bond acceptors (Lipinski definition) is 4. The van der Waals surface area contributed by atoms with Crippen LogP contribution in [0.1, 0.15) is 13.3 Å². The van der Waals surface area contributed by atoms with Crippen LogP contribution in [0, 0.1) is 0 Å². The lowest BCUT2D eigenvalue weighted by molar-refractivity contribution is 0.462. The maximum Gasteiger partial charge on any atom is 0.241 e. The first kappa shape index (κ1) is 16.0. The predicted octanol–water partition coefficient (Wildman–Crippen LogP) is 1.85. The van der Waals surface area contributed by atoms with Gasteiger partial charge in [-0.25, -0.2) is 21.6 Å². The standard InChI is InChI=1S/C11H13Cl2NO4S2/c1-11(4-5-19(15,16)7-11)14-20(17,18)8-2-3-9(12)10(13)6-8/h2-3,6,14H,4-5,7H2,1H3/t11-/m0/s1. The van der Waals surface area contributed by atoms with Gasteiger partial charge in [-0.15, -0.1) is 0 Å². The summed E-state index contributed by atoms with van der Waals surface area (Å²) < 4.78 is 49.9. The topological polar surface area (TPSA) is 80.3 Å². The monoisotopic (exact) mass is 357 g/mol. The predicted molar refractivity (Wildman–Crippen MR) is 78.5 cm³/mol. The molecule has 1 aromatic carbocycles. The average molecular weight is 358 g/mol. The molecule has 1 atom stereocenters. The van der Waals surface area contributed by atoms with Crippen molar-refractivity contribution in [3.63, 3.8) is 0 Å². The Morgan fingerprint density at radius 2 is 1.90 bits per heavy atom. The van der Waals surface area contributed by atoms with Gasteiger partial charge in [0.2, 0.25) is 10.0 Å². The summed E-state index contributed by atoms with van der Waals surface area (Å²) in [7, 11) is -7.05. The van der Waals surface area contributed by atoms with Crippen LogP contribution in [0.3, 0.4) is 0 Å². The Kier molecular flexibility index (Phi) is 4.12. The van der Waals surface area contributed by atoms with E-state index in [0.717, 1.165) is 0 Å². The highest BCUT2D eigenvalue weighted by Gasteiger charge is 2.41. The van der Waals surface area contributed by atoms with Crippen molar-refractivity contribution in [3.05, 3.63) is 28.2 Å². The molecule has 0 aliphatic carbocycles. The first-order valence-corrected chi connectivity index (χ1v) is 9.79. The van der Waals surface area contributed by atoms with Crippen molar-refractivity contribution in [2.45, 2.75) is 23.8 Å². The lowest BCUT2D eigenvalue weighted by atomic mass is 10.0. The van der Waals surface area contributed by atoms with Gasteiger partial charge in [0.05, 0.1) is 26.4 Å². The molecule has 0 unspecified atom stereocenters. The lowest BCUT2D eigenvalue weighted by Gasteiger charge is -2.23. The number of hydrogen-bond donors (Lipinski definition) is 1. The van der Waals surface area contributed by atoms with Crippen molar-refractivity contribution >= 4 is 43.1 Å². The minimum absolute atomic E-state index is 0.0204. The van der Waals surface area contributed by atoms with Gasteiger partial charge in [-0.2, -0.15) is 0 Å². The normalized spacial score (nSPS) is 25.8. The second-order valence-electron chi connectivity index (χ2n) is 5.08. The first-order valence-electron chi connectivity index (χ1n) is 5.73. The molecule has 0 saturated carbocycles. The Hall–Kier alpha value is -0.340. The number of halogens is 2. The van der Waals surface area contributed by atoms with E-state index in [1.165, 1.54) is 18.2 Å². The van der Waals surface area contributed by atoms with E-state index in [1.807, 2.05) is 0 Å². The maximum absolute atomic E-state index is 12.3. The number of sulfone groups is 1. The molecule has 2 rings (SSSR count). The highest BCUT2D eigenvalue weighted by molar-refractivity contribution is 7.92. The molecule has 112 valence electrons. The molecule has 1 fully saturated rings. The summed E-state index contributed by atoms with van der Waals surface area (Å²) in [6.07, 6.45) is 0.246. The second-order valence-corrected chi connectivity index (χ2v) is 9.76. The van der Waals surface area contributed by atoms with Crippen LogP contribution in [-0.4, -0.2) is 33.9 Å². The zero-order chi connectivity index (χ0) is 15.2. The molecule has 9 heteroatoms. The molecule has 1 saturated heterocycles. The molecule has 0 amide bonds. The third kappa shape index (κ3) is 3.46. The van der Waals surface area contributed by atoms with Gasteiger partial charge in [0.15, 0.2) is 9.84 Å². The summed E-state index contributed by atoms with van der Waals surface area (Å²) in [5.41, 5.74) is -0.996. The van der Waals surface area contributed by atoms with Crippen molar-refractivity contribution < 1.29 is 16.8 Å². The fourth-order valence-corrected chi connectivity index (χ4v) is 6.13. The molecule has 0 radical (unpaired) electrons. The van der Waals surface area contributed by atoms with Crippen molar-refractivity contribution in [3.8, 4) is 0 Å². The van der Waals surface area contributed by atoms with Crippen molar-refractivity contribution in [2.75, 3.05) is 11.5 Å². The molecule has 1 aromatic rings.